The summed E-state index contributed by atoms with van der Waals surface area (Å²) in [6, 6.07) is 11.7. The normalized spacial score (nSPS) is 19.2. The van der Waals surface area contributed by atoms with Gasteiger partial charge in [-0.15, -0.1) is 5.10 Å². The number of benzene rings is 1. The molecule has 24 heavy (non-hydrogen) atoms. The Bertz CT molecular complexity index is 961. The molecule has 3 heterocycles. The van der Waals surface area contributed by atoms with E-state index in [1.165, 1.54) is 11.8 Å². The number of fused-ring (bicyclic) bond motifs is 2. The van der Waals surface area contributed by atoms with Crippen LogP contribution in [0.5, 0.6) is 0 Å². The first-order chi connectivity index (χ1) is 11.7. The molecule has 0 saturated heterocycles. The molecule has 0 aliphatic carbocycles. The number of carbonyl (C=O) groups excluding carboxylic acids is 1. The summed E-state index contributed by atoms with van der Waals surface area (Å²) in [5.41, 5.74) is 1.54. The summed E-state index contributed by atoms with van der Waals surface area (Å²) < 4.78 is 2.01. The topological polar surface area (TPSA) is 62.0 Å². The molecule has 2 aliphatic heterocycles. The summed E-state index contributed by atoms with van der Waals surface area (Å²) in [7, 11) is 1.97. The van der Waals surface area contributed by atoms with Gasteiger partial charge in [0.25, 0.3) is 5.91 Å². The first-order valence-corrected chi connectivity index (χ1v) is 8.78. The fraction of sp³-hybridized carbons (Fsp3) is 0.235. The molecule has 1 amide bonds. The zero-order valence-electron chi connectivity index (χ0n) is 13.4. The van der Waals surface area contributed by atoms with Crippen molar-refractivity contribution in [2.45, 2.75) is 13.1 Å². The van der Waals surface area contributed by atoms with Gasteiger partial charge in [-0.2, -0.15) is 0 Å². The molecule has 2 aromatic rings. The van der Waals surface area contributed by atoms with Crippen molar-refractivity contribution < 1.29 is 4.79 Å². The number of hydrogen-bond donors (Lipinski definition) is 1. The van der Waals surface area contributed by atoms with E-state index in [9.17, 15) is 4.79 Å². The summed E-state index contributed by atoms with van der Waals surface area (Å²) in [6.45, 7) is 2.03. The van der Waals surface area contributed by atoms with Gasteiger partial charge in [-0.3, -0.25) is 15.1 Å². The van der Waals surface area contributed by atoms with Crippen molar-refractivity contribution in [1.82, 2.24) is 14.9 Å². The molecule has 7 heteroatoms. The highest BCUT2D eigenvalue weighted by Gasteiger charge is 2.35. The van der Waals surface area contributed by atoms with Crippen molar-refractivity contribution in [3.05, 3.63) is 58.9 Å². The number of hydrogen-bond acceptors (Lipinski definition) is 5. The Labute approximate surface area is 143 Å². The second-order valence-corrected chi connectivity index (χ2v) is 6.80. The Kier molecular flexibility index (Phi) is 3.65. The van der Waals surface area contributed by atoms with Crippen molar-refractivity contribution in [1.29, 1.82) is 0 Å². The first kappa shape index (κ1) is 15.0. The van der Waals surface area contributed by atoms with Gasteiger partial charge >= 0.3 is 0 Å². The molecule has 6 nitrogen and oxygen atoms in total. The number of para-hydroxylation sites is 1. The molecule has 1 N–H and O–H groups in total. The van der Waals surface area contributed by atoms with E-state index < -0.39 is 0 Å². The second-order valence-electron chi connectivity index (χ2n) is 5.55. The van der Waals surface area contributed by atoms with Crippen LogP contribution >= 0.6 is 11.8 Å². The number of rotatable bonds is 2. The van der Waals surface area contributed by atoms with Gasteiger partial charge in [0.05, 0.1) is 11.1 Å². The number of carbonyl (C=O) groups is 1. The lowest BCUT2D eigenvalue weighted by Crippen LogP contribution is -2.50. The standard InChI is InChI=1S/C17H17N5OS/c1-3-24-17-19-16(23)14-11-7-4-5-8-12(11)18-15(22(14)20-17)13-9-6-10-21(13)2/h4-10,15H,3H2,1-2H3,(H,19,20,23)/t15-/m1/s1. The lowest BCUT2D eigenvalue weighted by molar-refractivity contribution is -0.116. The maximum absolute atomic E-state index is 12.7. The molecule has 0 fully saturated rings. The fourth-order valence-electron chi connectivity index (χ4n) is 2.96. The Morgan fingerprint density at radius 3 is 2.83 bits per heavy atom. The van der Waals surface area contributed by atoms with Crippen LogP contribution in [0.15, 0.2) is 52.7 Å². The van der Waals surface area contributed by atoms with E-state index in [0.717, 1.165) is 22.0 Å². The molecule has 1 aromatic heterocycles. The summed E-state index contributed by atoms with van der Waals surface area (Å²) in [5.74, 6) is 0.702. The van der Waals surface area contributed by atoms with Gasteiger partial charge in [0.15, 0.2) is 11.3 Å². The number of aryl methyl sites for hydroxylation is 1. The predicted molar refractivity (Wildman–Crippen MR) is 94.3 cm³/mol. The van der Waals surface area contributed by atoms with Crippen LogP contribution in [0.4, 0.5) is 0 Å². The third kappa shape index (κ3) is 2.32. The van der Waals surface area contributed by atoms with Crippen LogP contribution in [0.3, 0.4) is 0 Å². The molecule has 1 atom stereocenters. The number of aromatic nitrogens is 1. The van der Waals surface area contributed by atoms with Gasteiger partial charge in [0.2, 0.25) is 0 Å². The molecular formula is C17H17N5OS. The highest BCUT2D eigenvalue weighted by molar-refractivity contribution is 8.13. The molecular weight excluding hydrogens is 322 g/mol. The van der Waals surface area contributed by atoms with Crippen LogP contribution in [0.1, 0.15) is 18.8 Å². The highest BCUT2D eigenvalue weighted by atomic mass is 32.2. The minimum Gasteiger partial charge on any atom is -0.351 e. The number of nitrogens with one attached hydrogen (secondary N) is 1. The predicted octanol–water partition coefficient (Wildman–Crippen LogP) is 0.921. The average molecular weight is 339 g/mol. The zero-order chi connectivity index (χ0) is 16.7. The monoisotopic (exact) mass is 339 g/mol. The minimum atomic E-state index is -0.353. The van der Waals surface area contributed by atoms with Gasteiger partial charge < -0.3 is 4.57 Å². The largest absolute Gasteiger partial charge is 0.351 e. The third-order valence-electron chi connectivity index (χ3n) is 4.04. The number of hydrazone groups is 1. The molecule has 0 bridgehead atoms. The van der Waals surface area contributed by atoms with E-state index >= 15 is 0 Å². The van der Waals surface area contributed by atoms with Crippen molar-refractivity contribution in [2.24, 2.45) is 17.1 Å². The SMILES string of the molecule is CCSC1=NN2C(=c3ccccc3=N[C@H]2c2cccn2C)C(=O)N1. The lowest BCUT2D eigenvalue weighted by Gasteiger charge is -2.34. The number of amidine groups is 1. The van der Waals surface area contributed by atoms with Crippen LogP contribution in [-0.4, -0.2) is 26.4 Å². The summed E-state index contributed by atoms with van der Waals surface area (Å²) in [4.78, 5) is 17.6. The Morgan fingerprint density at radius 1 is 1.25 bits per heavy atom. The molecule has 4 rings (SSSR count). The third-order valence-corrected chi connectivity index (χ3v) is 4.79. The van der Waals surface area contributed by atoms with Crippen molar-refractivity contribution in [3.63, 3.8) is 0 Å². The van der Waals surface area contributed by atoms with Crippen molar-refractivity contribution >= 4 is 28.5 Å². The molecule has 1 aromatic carbocycles. The van der Waals surface area contributed by atoms with Crippen molar-refractivity contribution in [2.75, 3.05) is 5.75 Å². The minimum absolute atomic E-state index is 0.137. The van der Waals surface area contributed by atoms with E-state index in [1.807, 2.05) is 61.1 Å². The van der Waals surface area contributed by atoms with Crippen molar-refractivity contribution in [3.8, 4) is 0 Å². The fourth-order valence-corrected chi connectivity index (χ4v) is 3.55. The molecule has 0 radical (unpaired) electrons. The molecule has 122 valence electrons. The van der Waals surface area contributed by atoms with Crippen LogP contribution in [0, 0.1) is 0 Å². The Hall–Kier alpha value is -2.54. The van der Waals surface area contributed by atoms with Crippen LogP contribution in [-0.2, 0) is 11.8 Å². The maximum atomic E-state index is 12.7. The van der Waals surface area contributed by atoms with Gasteiger partial charge in [-0.05, 0) is 24.0 Å². The van der Waals surface area contributed by atoms with Gasteiger partial charge in [0, 0.05) is 18.5 Å². The second kappa shape index (κ2) is 5.83. The van der Waals surface area contributed by atoms with Crippen LogP contribution in [0.2, 0.25) is 0 Å². The maximum Gasteiger partial charge on any atom is 0.276 e. The summed E-state index contributed by atoms with van der Waals surface area (Å²) >= 11 is 1.51. The van der Waals surface area contributed by atoms with E-state index in [-0.39, 0.29) is 12.1 Å². The number of nitrogens with zero attached hydrogens (tertiary/aromatic N) is 4. The van der Waals surface area contributed by atoms with E-state index in [1.54, 1.807) is 5.01 Å². The Morgan fingerprint density at radius 2 is 2.08 bits per heavy atom. The summed E-state index contributed by atoms with van der Waals surface area (Å²) in [6.07, 6.45) is 1.62. The number of thioether (sulfide) groups is 1. The summed E-state index contributed by atoms with van der Waals surface area (Å²) in [5, 5.41) is 11.5. The van der Waals surface area contributed by atoms with Crippen LogP contribution in [0.25, 0.3) is 5.70 Å². The zero-order valence-corrected chi connectivity index (χ0v) is 14.2. The van der Waals surface area contributed by atoms with Crippen LogP contribution < -0.4 is 15.9 Å². The number of amides is 1. The molecule has 0 spiro atoms. The molecule has 0 saturated carbocycles. The smallest absolute Gasteiger partial charge is 0.276 e. The van der Waals surface area contributed by atoms with E-state index in [4.69, 9.17) is 4.99 Å². The quantitative estimate of drug-likeness (QED) is 0.885. The average Bonchev–Trinajstić information content (AvgIpc) is 3.00. The highest BCUT2D eigenvalue weighted by Crippen LogP contribution is 2.30. The van der Waals surface area contributed by atoms with E-state index in [2.05, 4.69) is 10.4 Å². The lowest BCUT2D eigenvalue weighted by atomic mass is 10.1. The molecule has 0 unspecified atom stereocenters. The Balaban J connectivity index is 1.97. The van der Waals surface area contributed by atoms with E-state index in [0.29, 0.717) is 10.9 Å². The van der Waals surface area contributed by atoms with Gasteiger partial charge in [0.1, 0.15) is 5.70 Å². The molecule has 2 aliphatic rings. The first-order valence-electron chi connectivity index (χ1n) is 7.79. The van der Waals surface area contributed by atoms with Gasteiger partial charge in [-0.25, -0.2) is 5.01 Å². The van der Waals surface area contributed by atoms with Gasteiger partial charge in [-0.1, -0.05) is 36.9 Å².